The molecule has 0 aliphatic carbocycles. The molecule has 138 valence electrons. The van der Waals surface area contributed by atoms with Gasteiger partial charge in [-0.15, -0.1) is 11.8 Å². The number of benzene rings is 2. The fourth-order valence-corrected chi connectivity index (χ4v) is 4.67. The number of rotatable bonds is 4. The van der Waals surface area contributed by atoms with Crippen LogP contribution in [-0.4, -0.2) is 26.4 Å². The van der Waals surface area contributed by atoms with Crippen molar-refractivity contribution >= 4 is 29.9 Å². The zero-order chi connectivity index (χ0) is 18.8. The third-order valence-electron chi connectivity index (χ3n) is 4.63. The molecule has 0 spiro atoms. The summed E-state index contributed by atoms with van der Waals surface area (Å²) >= 11 is 7.19. The molecule has 0 fully saturated rings. The van der Waals surface area contributed by atoms with Crippen molar-refractivity contribution in [3.8, 4) is 11.4 Å². The number of carbonyl (C=O) groups is 1. The number of nitrogens with zero attached hydrogens (tertiary/aromatic N) is 2. The molecule has 0 saturated heterocycles. The number of aromatic nitrogens is 3. The van der Waals surface area contributed by atoms with Crippen LogP contribution in [0.1, 0.15) is 23.6 Å². The molecule has 0 radical (unpaired) electrons. The summed E-state index contributed by atoms with van der Waals surface area (Å²) in [5.41, 5.74) is 3.26. The van der Waals surface area contributed by atoms with Crippen LogP contribution in [0, 0.1) is 11.7 Å². The van der Waals surface area contributed by atoms with Gasteiger partial charge in [0.05, 0.1) is 6.04 Å². The first-order chi connectivity index (χ1) is 13.1. The Morgan fingerprint density at radius 2 is 2.19 bits per heavy atom. The lowest BCUT2D eigenvalue weighted by Crippen LogP contribution is -2.33. The summed E-state index contributed by atoms with van der Waals surface area (Å²) in [5, 5.41) is 10.3. The average molecular weight is 397 g/mol. The highest BCUT2D eigenvalue weighted by Crippen LogP contribution is 2.35. The largest absolute Gasteiger partial charge is 0.348 e. The molecule has 3 aromatic rings. The standard InChI is InChI=1S/C20H20N4OS2/c1-13-5-4-6-14(11-13)19-22-23-20(26)24(19)12-18(25)21-16-9-10-27-17-8-3-2-7-15(16)17/h2-8,11,16H,9-10,12H2,1H3,(H,21,25)(H,23,26). The monoisotopic (exact) mass is 396 g/mol. The molecule has 1 aliphatic rings. The third-order valence-corrected chi connectivity index (χ3v) is 6.06. The topological polar surface area (TPSA) is 62.7 Å². The number of amides is 1. The second-order valence-electron chi connectivity index (χ2n) is 6.60. The van der Waals surface area contributed by atoms with E-state index in [9.17, 15) is 4.79 Å². The van der Waals surface area contributed by atoms with Crippen molar-refractivity contribution < 1.29 is 4.79 Å². The fourth-order valence-electron chi connectivity index (χ4n) is 3.34. The van der Waals surface area contributed by atoms with Gasteiger partial charge in [0.25, 0.3) is 0 Å². The minimum absolute atomic E-state index is 0.0402. The number of nitrogens with one attached hydrogen (secondary N) is 2. The molecular weight excluding hydrogens is 376 g/mol. The first-order valence-corrected chi connectivity index (χ1v) is 10.2. The lowest BCUT2D eigenvalue weighted by atomic mass is 10.0. The Bertz CT molecular complexity index is 1040. The van der Waals surface area contributed by atoms with Gasteiger partial charge in [-0.1, -0.05) is 42.0 Å². The Kier molecular flexibility index (Phi) is 5.13. The van der Waals surface area contributed by atoms with E-state index in [1.54, 1.807) is 4.57 Å². The van der Waals surface area contributed by atoms with Gasteiger partial charge in [-0.25, -0.2) is 0 Å². The summed E-state index contributed by atoms with van der Waals surface area (Å²) in [4.78, 5) is 14.0. The van der Waals surface area contributed by atoms with Gasteiger partial charge in [-0.3, -0.25) is 14.5 Å². The van der Waals surface area contributed by atoms with E-state index in [4.69, 9.17) is 12.2 Å². The molecule has 1 atom stereocenters. The molecule has 5 nitrogen and oxygen atoms in total. The average Bonchev–Trinajstić information content (AvgIpc) is 3.02. The van der Waals surface area contributed by atoms with Crippen LogP contribution in [0.3, 0.4) is 0 Å². The number of aryl methyl sites for hydroxylation is 1. The summed E-state index contributed by atoms with van der Waals surface area (Å²) in [6.45, 7) is 2.17. The molecule has 0 bridgehead atoms. The summed E-state index contributed by atoms with van der Waals surface area (Å²) in [6.07, 6.45) is 0.926. The number of thioether (sulfide) groups is 1. The van der Waals surface area contributed by atoms with Gasteiger partial charge in [0.15, 0.2) is 10.6 Å². The Hall–Kier alpha value is -2.38. The molecule has 27 heavy (non-hydrogen) atoms. The summed E-state index contributed by atoms with van der Waals surface area (Å²) in [6, 6.07) is 16.3. The van der Waals surface area contributed by atoms with Crippen LogP contribution < -0.4 is 5.32 Å². The highest BCUT2D eigenvalue weighted by molar-refractivity contribution is 7.99. The maximum absolute atomic E-state index is 12.8. The van der Waals surface area contributed by atoms with Crippen LogP contribution in [0.4, 0.5) is 0 Å². The van der Waals surface area contributed by atoms with E-state index < -0.39 is 0 Å². The van der Waals surface area contributed by atoms with Crippen molar-refractivity contribution in [3.63, 3.8) is 0 Å². The Balaban J connectivity index is 1.55. The number of fused-ring (bicyclic) bond motifs is 1. The summed E-state index contributed by atoms with van der Waals surface area (Å²) in [7, 11) is 0. The van der Waals surface area contributed by atoms with Gasteiger partial charge in [0, 0.05) is 16.2 Å². The fraction of sp³-hybridized carbons (Fsp3) is 0.250. The Labute approximate surface area is 167 Å². The van der Waals surface area contributed by atoms with Crippen molar-refractivity contribution in [2.45, 2.75) is 30.8 Å². The molecule has 2 aromatic carbocycles. The highest BCUT2D eigenvalue weighted by Gasteiger charge is 2.22. The van der Waals surface area contributed by atoms with Gasteiger partial charge in [-0.2, -0.15) is 5.10 Å². The SMILES string of the molecule is Cc1cccc(-c2n[nH]c(=S)n2CC(=O)NC2CCSc3ccccc32)c1. The van der Waals surface area contributed by atoms with Crippen LogP contribution >= 0.6 is 24.0 Å². The molecule has 1 amide bonds. The zero-order valence-electron chi connectivity index (χ0n) is 14.9. The molecule has 4 rings (SSSR count). The second kappa shape index (κ2) is 7.70. The molecule has 1 aromatic heterocycles. The predicted molar refractivity (Wildman–Crippen MR) is 110 cm³/mol. The van der Waals surface area contributed by atoms with E-state index in [2.05, 4.69) is 27.6 Å². The Morgan fingerprint density at radius 1 is 1.33 bits per heavy atom. The quantitative estimate of drug-likeness (QED) is 0.647. The van der Waals surface area contributed by atoms with E-state index in [0.717, 1.165) is 23.3 Å². The number of aromatic amines is 1. The van der Waals surface area contributed by atoms with E-state index in [1.807, 2.05) is 55.1 Å². The number of carbonyl (C=O) groups excluding carboxylic acids is 1. The van der Waals surface area contributed by atoms with Crippen LogP contribution in [-0.2, 0) is 11.3 Å². The predicted octanol–water partition coefficient (Wildman–Crippen LogP) is 4.27. The maximum Gasteiger partial charge on any atom is 0.240 e. The van der Waals surface area contributed by atoms with E-state index in [0.29, 0.717) is 10.6 Å². The lowest BCUT2D eigenvalue weighted by Gasteiger charge is -2.26. The first kappa shape index (κ1) is 18.0. The minimum Gasteiger partial charge on any atom is -0.348 e. The van der Waals surface area contributed by atoms with Gasteiger partial charge >= 0.3 is 0 Å². The van der Waals surface area contributed by atoms with Crippen molar-refractivity contribution in [3.05, 3.63) is 64.4 Å². The maximum atomic E-state index is 12.8. The Morgan fingerprint density at radius 3 is 3.04 bits per heavy atom. The smallest absolute Gasteiger partial charge is 0.240 e. The molecular formula is C20H20N4OS2. The summed E-state index contributed by atoms with van der Waals surface area (Å²) < 4.78 is 2.20. The van der Waals surface area contributed by atoms with E-state index in [-0.39, 0.29) is 18.5 Å². The molecule has 7 heteroatoms. The summed E-state index contributed by atoms with van der Waals surface area (Å²) in [5.74, 6) is 1.62. The third kappa shape index (κ3) is 3.84. The van der Waals surface area contributed by atoms with Crippen LogP contribution in [0.15, 0.2) is 53.4 Å². The van der Waals surface area contributed by atoms with Crippen LogP contribution in [0.2, 0.25) is 0 Å². The van der Waals surface area contributed by atoms with Gasteiger partial charge in [0.1, 0.15) is 6.54 Å². The highest BCUT2D eigenvalue weighted by atomic mass is 32.2. The van der Waals surface area contributed by atoms with Gasteiger partial charge in [-0.05, 0) is 43.3 Å². The van der Waals surface area contributed by atoms with Crippen molar-refractivity contribution in [2.75, 3.05) is 5.75 Å². The van der Waals surface area contributed by atoms with E-state index in [1.165, 1.54) is 10.5 Å². The molecule has 2 N–H and O–H groups in total. The lowest BCUT2D eigenvalue weighted by molar-refractivity contribution is -0.122. The second-order valence-corrected chi connectivity index (χ2v) is 8.13. The molecule has 1 unspecified atom stereocenters. The van der Waals surface area contributed by atoms with Crippen LogP contribution in [0.25, 0.3) is 11.4 Å². The van der Waals surface area contributed by atoms with Gasteiger partial charge < -0.3 is 5.32 Å². The zero-order valence-corrected chi connectivity index (χ0v) is 16.6. The minimum atomic E-state index is -0.0619. The van der Waals surface area contributed by atoms with Crippen LogP contribution in [0.5, 0.6) is 0 Å². The number of hydrogen-bond acceptors (Lipinski definition) is 4. The molecule has 2 heterocycles. The molecule has 0 saturated carbocycles. The van der Waals surface area contributed by atoms with E-state index >= 15 is 0 Å². The number of hydrogen-bond donors (Lipinski definition) is 2. The first-order valence-electron chi connectivity index (χ1n) is 8.85. The van der Waals surface area contributed by atoms with Gasteiger partial charge in [0.2, 0.25) is 5.91 Å². The van der Waals surface area contributed by atoms with Crippen molar-refractivity contribution in [1.82, 2.24) is 20.1 Å². The van der Waals surface area contributed by atoms with Crippen molar-refractivity contribution in [1.29, 1.82) is 0 Å². The number of H-pyrrole nitrogens is 1. The normalized spacial score (nSPS) is 16.0. The van der Waals surface area contributed by atoms with Crippen molar-refractivity contribution in [2.24, 2.45) is 0 Å². The molecule has 1 aliphatic heterocycles.